The van der Waals surface area contributed by atoms with Crippen molar-refractivity contribution in [2.75, 3.05) is 37.0 Å². The van der Waals surface area contributed by atoms with Crippen LogP contribution in [0.5, 0.6) is 11.5 Å². The van der Waals surface area contributed by atoms with Gasteiger partial charge in [-0.3, -0.25) is 9.59 Å². The van der Waals surface area contributed by atoms with Crippen LogP contribution in [0.2, 0.25) is 5.02 Å². The van der Waals surface area contributed by atoms with Gasteiger partial charge in [0.25, 0.3) is 11.8 Å². The van der Waals surface area contributed by atoms with E-state index in [1.807, 2.05) is 27.7 Å². The number of aromatic nitrogens is 2. The van der Waals surface area contributed by atoms with Crippen LogP contribution in [-0.4, -0.2) is 79.9 Å². The largest absolute Gasteiger partial charge is 0.493 e. The summed E-state index contributed by atoms with van der Waals surface area (Å²) in [6.07, 6.45) is 1.78. The molecule has 0 radical (unpaired) electrons. The molecule has 1 fully saturated rings. The van der Waals surface area contributed by atoms with Crippen molar-refractivity contribution < 1.29 is 41.3 Å². The summed E-state index contributed by atoms with van der Waals surface area (Å²) < 4.78 is 68.1. The fraction of sp³-hybridized carbons (Fsp3) is 0.380. The first-order chi connectivity index (χ1) is 32.8. The normalized spacial score (nSPS) is 16.3. The molecule has 70 heavy (non-hydrogen) atoms. The standard InChI is InChI=1S/C50H57BrClFN8O8S/c1-47(2,22-24-66-33-17-12-30(13-18-33)43(63)61-44-49(5,6)45(50(44,7)8)69-34-19-14-31(27-54)37(52)26-34)68-29-48(3,4)67-25-23-57-70(64,65)35-20-15-32(16-21-35)58-46-56-28-36(51)42(60-46)59-39-11-9-10-38(53)40(39)41(55)62/h9-21,26,28,44-45,57H,22-25,29H2,1-8H3,(H2,55,62)(H,61,63)(H2,56,58,59,60). The highest BCUT2D eigenvalue weighted by molar-refractivity contribution is 9.10. The van der Waals surface area contributed by atoms with Crippen molar-refractivity contribution in [1.29, 1.82) is 5.26 Å². The quantitative estimate of drug-likeness (QED) is 0.0408. The van der Waals surface area contributed by atoms with Gasteiger partial charge in [0, 0.05) is 53.4 Å². The first kappa shape index (κ1) is 53.5. The highest BCUT2D eigenvalue weighted by Gasteiger charge is 2.64. The van der Waals surface area contributed by atoms with Crippen molar-refractivity contribution in [3.8, 4) is 17.6 Å². The van der Waals surface area contributed by atoms with Gasteiger partial charge in [0.2, 0.25) is 16.0 Å². The number of primary amides is 1. The molecule has 0 saturated heterocycles. The van der Waals surface area contributed by atoms with Crippen LogP contribution >= 0.6 is 27.5 Å². The number of sulfonamides is 1. The zero-order chi connectivity index (χ0) is 51.2. The molecular weight excluding hydrogens is 1010 g/mol. The van der Waals surface area contributed by atoms with Crippen LogP contribution in [-0.2, 0) is 19.5 Å². The van der Waals surface area contributed by atoms with Crippen LogP contribution in [0.3, 0.4) is 0 Å². The second kappa shape index (κ2) is 21.6. The molecule has 0 bridgehead atoms. The Kier molecular flexibility index (Phi) is 16.5. The van der Waals surface area contributed by atoms with Crippen molar-refractivity contribution >= 4 is 72.5 Å². The molecule has 372 valence electrons. The van der Waals surface area contributed by atoms with E-state index in [-0.39, 0.29) is 65.7 Å². The van der Waals surface area contributed by atoms with Crippen molar-refractivity contribution in [3.05, 3.63) is 123 Å². The van der Waals surface area contributed by atoms with E-state index < -0.39 is 43.8 Å². The molecule has 1 aliphatic rings. The van der Waals surface area contributed by atoms with E-state index in [4.69, 9.17) is 36.3 Å². The molecule has 20 heteroatoms. The lowest BCUT2D eigenvalue weighted by molar-refractivity contribution is -0.164. The maximum Gasteiger partial charge on any atom is 0.253 e. The number of halogens is 3. The van der Waals surface area contributed by atoms with Crippen LogP contribution in [0.1, 0.15) is 88.1 Å². The Labute approximate surface area is 421 Å². The summed E-state index contributed by atoms with van der Waals surface area (Å²) in [6.45, 7) is 16.5. The average molecular weight is 1060 g/mol. The fourth-order valence-corrected chi connectivity index (χ4v) is 9.88. The highest BCUT2D eigenvalue weighted by Crippen LogP contribution is 2.55. The Bertz CT molecular complexity index is 2850. The number of nitrogens with two attached hydrogens (primary N) is 1. The van der Waals surface area contributed by atoms with Crippen LogP contribution in [0.25, 0.3) is 0 Å². The molecule has 1 saturated carbocycles. The number of hydrogen-bond donors (Lipinski definition) is 5. The topological polar surface area (TPSA) is 229 Å². The number of amides is 2. The lowest BCUT2D eigenvalue weighted by Crippen LogP contribution is -2.74. The van der Waals surface area contributed by atoms with Crippen molar-refractivity contribution in [1.82, 2.24) is 20.0 Å². The van der Waals surface area contributed by atoms with E-state index in [1.165, 1.54) is 30.5 Å². The number of nitriles is 1. The van der Waals surface area contributed by atoms with Crippen molar-refractivity contribution in [2.24, 2.45) is 16.6 Å². The number of nitrogens with zero attached hydrogens (tertiary/aromatic N) is 3. The van der Waals surface area contributed by atoms with Crippen LogP contribution in [0.15, 0.2) is 100 Å². The van der Waals surface area contributed by atoms with Gasteiger partial charge in [-0.1, -0.05) is 45.4 Å². The predicted molar refractivity (Wildman–Crippen MR) is 269 cm³/mol. The molecule has 2 amide bonds. The third-order valence-electron chi connectivity index (χ3n) is 11.9. The Balaban J connectivity index is 0.899. The predicted octanol–water partition coefficient (Wildman–Crippen LogP) is 9.44. The van der Waals surface area contributed by atoms with E-state index in [0.29, 0.717) is 50.8 Å². The zero-order valence-electron chi connectivity index (χ0n) is 40.1. The van der Waals surface area contributed by atoms with E-state index in [2.05, 4.69) is 80.3 Å². The first-order valence-electron chi connectivity index (χ1n) is 22.2. The summed E-state index contributed by atoms with van der Waals surface area (Å²) in [4.78, 5) is 33.9. The molecule has 0 atom stereocenters. The summed E-state index contributed by atoms with van der Waals surface area (Å²) >= 11 is 9.58. The van der Waals surface area contributed by atoms with E-state index in [1.54, 1.807) is 54.6 Å². The molecule has 1 heterocycles. The van der Waals surface area contributed by atoms with Crippen LogP contribution in [0, 0.1) is 28.0 Å². The molecule has 6 rings (SSSR count). The number of ether oxygens (including phenoxy) is 4. The molecule has 5 aromatic rings. The molecule has 16 nitrogen and oxygen atoms in total. The molecule has 0 unspecified atom stereocenters. The smallest absolute Gasteiger partial charge is 0.253 e. The zero-order valence-corrected chi connectivity index (χ0v) is 43.2. The van der Waals surface area contributed by atoms with Gasteiger partial charge in [-0.05, 0) is 116 Å². The molecule has 1 aromatic heterocycles. The van der Waals surface area contributed by atoms with Crippen LogP contribution < -0.4 is 35.9 Å². The van der Waals surface area contributed by atoms with Gasteiger partial charge < -0.3 is 40.6 Å². The fourth-order valence-electron chi connectivity index (χ4n) is 8.36. The molecular formula is C50H57BrClFN8O8S. The number of hydrogen-bond acceptors (Lipinski definition) is 13. The SMILES string of the molecule is CC(C)(CCOc1ccc(C(=O)NC2C(C)(C)C(Oc3ccc(C#N)c(Cl)c3)C2(C)C)cc1)OCC(C)(C)OCCNS(=O)(=O)c1ccc(Nc2ncc(Br)c(Nc3cccc(F)c3C(N)=O)n2)cc1. The van der Waals surface area contributed by atoms with Gasteiger partial charge in [0.1, 0.15) is 35.3 Å². The van der Waals surface area contributed by atoms with E-state index in [0.717, 1.165) is 6.07 Å². The second-order valence-corrected chi connectivity index (χ2v) is 22.2. The summed E-state index contributed by atoms with van der Waals surface area (Å²) in [5.74, 6) is -0.408. The number of rotatable bonds is 22. The Morgan fingerprint density at radius 2 is 1.59 bits per heavy atom. The van der Waals surface area contributed by atoms with Crippen molar-refractivity contribution in [3.63, 3.8) is 0 Å². The lowest BCUT2D eigenvalue weighted by Gasteiger charge is -2.63. The first-order valence-corrected chi connectivity index (χ1v) is 24.9. The van der Waals surface area contributed by atoms with Gasteiger partial charge in [-0.2, -0.15) is 10.2 Å². The summed E-state index contributed by atoms with van der Waals surface area (Å²) in [5, 5.41) is 18.6. The van der Waals surface area contributed by atoms with Gasteiger partial charge in [-0.15, -0.1) is 0 Å². The number of carbonyl (C=O) groups excluding carboxylic acids is 2. The highest BCUT2D eigenvalue weighted by atomic mass is 79.9. The number of benzene rings is 4. The van der Waals surface area contributed by atoms with E-state index >= 15 is 0 Å². The third-order valence-corrected chi connectivity index (χ3v) is 14.3. The number of carbonyl (C=O) groups is 2. The molecule has 0 spiro atoms. The molecule has 1 aliphatic carbocycles. The Hall–Kier alpha value is -5.88. The second-order valence-electron chi connectivity index (χ2n) is 19.2. The van der Waals surface area contributed by atoms with Crippen molar-refractivity contribution in [2.45, 2.75) is 90.1 Å². The van der Waals surface area contributed by atoms with Gasteiger partial charge in [0.05, 0.1) is 62.2 Å². The van der Waals surface area contributed by atoms with Gasteiger partial charge in [0.15, 0.2) is 0 Å². The Morgan fingerprint density at radius 3 is 2.23 bits per heavy atom. The maximum atomic E-state index is 14.3. The number of nitrogens with one attached hydrogen (secondary N) is 4. The third kappa shape index (κ3) is 13.1. The maximum absolute atomic E-state index is 14.3. The number of anilines is 4. The van der Waals surface area contributed by atoms with E-state index in [9.17, 15) is 27.7 Å². The molecule has 0 aliphatic heterocycles. The molecule has 4 aromatic carbocycles. The van der Waals surface area contributed by atoms with Gasteiger partial charge in [-0.25, -0.2) is 22.5 Å². The van der Waals surface area contributed by atoms with Crippen LogP contribution in [0.4, 0.5) is 27.5 Å². The molecule has 6 N–H and O–H groups in total. The minimum absolute atomic E-state index is 0.0117. The summed E-state index contributed by atoms with van der Waals surface area (Å²) in [7, 11) is -3.88. The average Bonchev–Trinajstić information content (AvgIpc) is 3.29. The van der Waals surface area contributed by atoms with Gasteiger partial charge >= 0.3 is 0 Å². The summed E-state index contributed by atoms with van der Waals surface area (Å²) in [6, 6.07) is 23.8. The summed E-state index contributed by atoms with van der Waals surface area (Å²) in [5.41, 5.74) is 4.40. The monoisotopic (exact) mass is 1060 g/mol. The minimum atomic E-state index is -3.88. The lowest BCUT2D eigenvalue weighted by atomic mass is 9.49. The Morgan fingerprint density at radius 1 is 0.914 bits per heavy atom. The minimum Gasteiger partial charge on any atom is -0.493 e.